The zero-order chi connectivity index (χ0) is 10.1. The zero-order valence-corrected chi connectivity index (χ0v) is 8.08. The van der Waals surface area contributed by atoms with Gasteiger partial charge in [-0.25, -0.2) is 0 Å². The molecule has 1 atom stereocenters. The first-order chi connectivity index (χ1) is 5.97. The Labute approximate surface area is 78.4 Å². The van der Waals surface area contributed by atoms with Crippen molar-refractivity contribution in [3.8, 4) is 0 Å². The van der Waals surface area contributed by atoms with Gasteiger partial charge in [-0.3, -0.25) is 0 Å². The first-order valence-corrected chi connectivity index (χ1v) is 4.34. The molecular weight excluding hydrogens is 166 g/mol. The van der Waals surface area contributed by atoms with Crippen molar-refractivity contribution >= 4 is 0 Å². The molecule has 0 fully saturated rings. The fourth-order valence-corrected chi connectivity index (χ4v) is 1.26. The Kier molecular flexibility index (Phi) is 2.75. The van der Waals surface area contributed by atoms with Crippen LogP contribution in [0.15, 0.2) is 23.4 Å². The lowest BCUT2D eigenvalue weighted by Crippen LogP contribution is -2.51. The lowest BCUT2D eigenvalue weighted by atomic mass is 9.93. The summed E-state index contributed by atoms with van der Waals surface area (Å²) < 4.78 is 5.38. The maximum Gasteiger partial charge on any atom is 0.115 e. The molecule has 4 heteroatoms. The average molecular weight is 183 g/mol. The summed E-state index contributed by atoms with van der Waals surface area (Å²) in [7, 11) is 0. The van der Waals surface area contributed by atoms with Crippen molar-refractivity contribution in [3.05, 3.63) is 23.4 Å². The summed E-state index contributed by atoms with van der Waals surface area (Å²) in [5.41, 5.74) is 17.8. The highest BCUT2D eigenvalue weighted by Gasteiger charge is 2.26. The van der Waals surface area contributed by atoms with Crippen molar-refractivity contribution in [1.82, 2.24) is 0 Å². The second kappa shape index (κ2) is 3.49. The van der Waals surface area contributed by atoms with Crippen LogP contribution in [0.3, 0.4) is 0 Å². The molecule has 4 nitrogen and oxygen atoms in total. The van der Waals surface area contributed by atoms with Gasteiger partial charge in [-0.2, -0.15) is 0 Å². The van der Waals surface area contributed by atoms with E-state index >= 15 is 0 Å². The lowest BCUT2D eigenvalue weighted by Gasteiger charge is -2.30. The summed E-state index contributed by atoms with van der Waals surface area (Å²) in [4.78, 5) is 0. The average Bonchev–Trinajstić information content (AvgIpc) is 2.00. The normalized spacial score (nSPS) is 26.6. The van der Waals surface area contributed by atoms with E-state index in [2.05, 4.69) is 0 Å². The minimum atomic E-state index is -0.919. The van der Waals surface area contributed by atoms with Crippen molar-refractivity contribution in [2.45, 2.75) is 25.6 Å². The molecule has 6 N–H and O–H groups in total. The van der Waals surface area contributed by atoms with E-state index in [-0.39, 0.29) is 6.10 Å². The Morgan fingerprint density at radius 2 is 2.15 bits per heavy atom. The Balaban J connectivity index is 2.85. The van der Waals surface area contributed by atoms with Crippen molar-refractivity contribution in [2.24, 2.45) is 17.2 Å². The van der Waals surface area contributed by atoms with Crippen molar-refractivity contribution in [2.75, 3.05) is 6.61 Å². The summed E-state index contributed by atoms with van der Waals surface area (Å²) in [5.74, 6) is 0. The van der Waals surface area contributed by atoms with E-state index in [0.29, 0.717) is 12.3 Å². The predicted octanol–water partition coefficient (Wildman–Crippen LogP) is -0.192. The molecule has 0 radical (unpaired) electrons. The monoisotopic (exact) mass is 183 g/mol. The zero-order valence-electron chi connectivity index (χ0n) is 8.08. The molecule has 0 aromatic carbocycles. The van der Waals surface area contributed by atoms with Gasteiger partial charge in [0.05, 0.1) is 0 Å². The van der Waals surface area contributed by atoms with Gasteiger partial charge in [-0.15, -0.1) is 0 Å². The van der Waals surface area contributed by atoms with Crippen LogP contribution in [-0.2, 0) is 4.74 Å². The minimum absolute atomic E-state index is 0.176. The van der Waals surface area contributed by atoms with Crippen LogP contribution >= 0.6 is 0 Å². The maximum absolute atomic E-state index is 5.77. The van der Waals surface area contributed by atoms with Crippen LogP contribution in [0.5, 0.6) is 0 Å². The van der Waals surface area contributed by atoms with Gasteiger partial charge in [0.2, 0.25) is 0 Å². The third kappa shape index (κ3) is 2.09. The van der Waals surface area contributed by atoms with Gasteiger partial charge in [0.25, 0.3) is 0 Å². The van der Waals surface area contributed by atoms with Gasteiger partial charge >= 0.3 is 0 Å². The number of ether oxygens (including phenoxy) is 1. The van der Waals surface area contributed by atoms with Gasteiger partial charge in [0.15, 0.2) is 0 Å². The Morgan fingerprint density at radius 1 is 1.54 bits per heavy atom. The molecule has 0 bridgehead atoms. The van der Waals surface area contributed by atoms with Crippen LogP contribution in [0.1, 0.15) is 13.8 Å². The van der Waals surface area contributed by atoms with Gasteiger partial charge in [0, 0.05) is 12.3 Å². The van der Waals surface area contributed by atoms with Crippen LogP contribution < -0.4 is 17.2 Å². The highest BCUT2D eigenvalue weighted by atomic mass is 16.5. The third-order valence-electron chi connectivity index (χ3n) is 2.16. The molecule has 0 heterocycles. The molecular formula is C9H17N3O. The Bertz CT molecular complexity index is 256. The van der Waals surface area contributed by atoms with Gasteiger partial charge < -0.3 is 21.9 Å². The van der Waals surface area contributed by atoms with Crippen molar-refractivity contribution in [1.29, 1.82) is 0 Å². The van der Waals surface area contributed by atoms with Crippen molar-refractivity contribution in [3.63, 3.8) is 0 Å². The van der Waals surface area contributed by atoms with Crippen molar-refractivity contribution < 1.29 is 4.74 Å². The van der Waals surface area contributed by atoms with E-state index in [0.717, 1.165) is 5.57 Å². The van der Waals surface area contributed by atoms with E-state index in [9.17, 15) is 0 Å². The summed E-state index contributed by atoms with van der Waals surface area (Å²) in [6.45, 7) is 4.41. The number of hydrogen-bond acceptors (Lipinski definition) is 4. The smallest absolute Gasteiger partial charge is 0.115 e. The molecule has 1 unspecified atom stereocenters. The maximum atomic E-state index is 5.77. The topological polar surface area (TPSA) is 87.3 Å². The molecule has 0 spiro atoms. The van der Waals surface area contributed by atoms with Gasteiger partial charge in [-0.05, 0) is 31.6 Å². The predicted molar refractivity (Wildman–Crippen MR) is 52.5 cm³/mol. The molecule has 13 heavy (non-hydrogen) atoms. The van der Waals surface area contributed by atoms with Crippen LogP contribution in [0.2, 0.25) is 0 Å². The molecule has 0 aliphatic heterocycles. The minimum Gasteiger partial charge on any atom is -0.400 e. The molecule has 0 saturated carbocycles. The number of rotatable bonds is 2. The molecule has 1 aliphatic rings. The first kappa shape index (κ1) is 10.2. The largest absolute Gasteiger partial charge is 0.400 e. The van der Waals surface area contributed by atoms with Crippen LogP contribution in [0.4, 0.5) is 0 Å². The van der Waals surface area contributed by atoms with E-state index < -0.39 is 5.66 Å². The lowest BCUT2D eigenvalue weighted by molar-refractivity contribution is 0.116. The molecule has 1 aliphatic carbocycles. The van der Waals surface area contributed by atoms with Gasteiger partial charge in [0.1, 0.15) is 11.8 Å². The van der Waals surface area contributed by atoms with Gasteiger partial charge in [-0.1, -0.05) is 0 Å². The van der Waals surface area contributed by atoms with Crippen LogP contribution in [0, 0.1) is 0 Å². The molecule has 74 valence electrons. The standard InChI is InChI=1S/C9H17N3O/c1-3-13-8-4-6(2)9(11,12)5-7(8)10/h4-5,8H,3,10-12H2,1-2H3. The third-order valence-corrected chi connectivity index (χ3v) is 2.16. The number of nitrogens with two attached hydrogens (primary N) is 3. The first-order valence-electron chi connectivity index (χ1n) is 4.34. The van der Waals surface area contributed by atoms with Crippen LogP contribution in [0.25, 0.3) is 0 Å². The summed E-state index contributed by atoms with van der Waals surface area (Å²) in [5, 5.41) is 0. The Hall–Kier alpha value is -0.840. The highest BCUT2D eigenvalue weighted by molar-refractivity contribution is 5.35. The van der Waals surface area contributed by atoms with E-state index in [4.69, 9.17) is 21.9 Å². The van der Waals surface area contributed by atoms with E-state index in [1.165, 1.54) is 0 Å². The molecule has 0 saturated heterocycles. The fraction of sp³-hybridized carbons (Fsp3) is 0.556. The summed E-state index contributed by atoms with van der Waals surface area (Å²) >= 11 is 0. The Morgan fingerprint density at radius 3 is 2.69 bits per heavy atom. The molecule has 0 amide bonds. The number of hydrogen-bond donors (Lipinski definition) is 3. The molecule has 0 aromatic rings. The summed E-state index contributed by atoms with van der Waals surface area (Å²) in [6.07, 6.45) is 3.33. The van der Waals surface area contributed by atoms with Crippen LogP contribution in [-0.4, -0.2) is 18.4 Å². The van der Waals surface area contributed by atoms with E-state index in [1.54, 1.807) is 6.08 Å². The SMILES string of the molecule is CCOC1C=C(C)C(N)(N)C=C1N. The second-order valence-corrected chi connectivity index (χ2v) is 3.30. The fourth-order valence-electron chi connectivity index (χ4n) is 1.26. The van der Waals surface area contributed by atoms with E-state index in [1.807, 2.05) is 19.9 Å². The molecule has 0 aromatic heterocycles. The quantitative estimate of drug-likeness (QED) is 0.409. The molecule has 1 rings (SSSR count). The second-order valence-electron chi connectivity index (χ2n) is 3.30. The highest BCUT2D eigenvalue weighted by Crippen LogP contribution is 2.20. The summed E-state index contributed by atoms with van der Waals surface area (Å²) in [6, 6.07) is 0.